The summed E-state index contributed by atoms with van der Waals surface area (Å²) in [6.45, 7) is 2.76. The largest absolute Gasteiger partial charge is 0.454 e. The Hall–Kier alpha value is -3.35. The summed E-state index contributed by atoms with van der Waals surface area (Å²) in [6.07, 6.45) is 0.358. The average molecular weight is 363 g/mol. The third-order valence-electron chi connectivity index (χ3n) is 4.86. The summed E-state index contributed by atoms with van der Waals surface area (Å²) in [5, 5.41) is 4.08. The van der Waals surface area contributed by atoms with Gasteiger partial charge in [-0.3, -0.25) is 4.79 Å². The molecule has 0 N–H and O–H groups in total. The molecule has 3 aromatic rings. The number of amides is 1. The van der Waals surface area contributed by atoms with Crippen molar-refractivity contribution in [2.75, 3.05) is 18.2 Å². The average Bonchev–Trinajstić information content (AvgIpc) is 3.40. The Morgan fingerprint density at radius 1 is 1.11 bits per heavy atom. The van der Waals surface area contributed by atoms with Crippen LogP contribution in [0.3, 0.4) is 0 Å². The lowest BCUT2D eigenvalue weighted by molar-refractivity contribution is -0.117. The van der Waals surface area contributed by atoms with Gasteiger partial charge in [-0.25, -0.2) is 0 Å². The number of hydrogen-bond donors (Lipinski definition) is 0. The van der Waals surface area contributed by atoms with Crippen LogP contribution in [0.15, 0.2) is 47.0 Å². The van der Waals surface area contributed by atoms with Gasteiger partial charge in [0.25, 0.3) is 0 Å². The lowest BCUT2D eigenvalue weighted by atomic mass is 10.1. The normalized spacial score (nSPS) is 18.3. The minimum Gasteiger partial charge on any atom is -0.454 e. The van der Waals surface area contributed by atoms with E-state index in [1.807, 2.05) is 49.4 Å². The third kappa shape index (κ3) is 2.81. The van der Waals surface area contributed by atoms with Crippen LogP contribution in [0, 0.1) is 6.92 Å². The van der Waals surface area contributed by atoms with E-state index >= 15 is 0 Å². The van der Waals surface area contributed by atoms with E-state index in [1.165, 1.54) is 0 Å². The molecular weight excluding hydrogens is 346 g/mol. The summed E-state index contributed by atoms with van der Waals surface area (Å²) < 4.78 is 16.2. The first-order valence-corrected chi connectivity index (χ1v) is 8.78. The summed E-state index contributed by atoms with van der Waals surface area (Å²) in [7, 11) is 0. The number of nitrogens with zero attached hydrogens (tertiary/aromatic N) is 3. The van der Waals surface area contributed by atoms with Gasteiger partial charge in [-0.1, -0.05) is 17.3 Å². The van der Waals surface area contributed by atoms with Crippen molar-refractivity contribution in [3.8, 4) is 22.9 Å². The van der Waals surface area contributed by atoms with Crippen molar-refractivity contribution in [3.05, 3.63) is 53.9 Å². The maximum atomic E-state index is 12.5. The Morgan fingerprint density at radius 2 is 2.00 bits per heavy atom. The number of fused-ring (bicyclic) bond motifs is 1. The van der Waals surface area contributed by atoms with Crippen LogP contribution in [0.25, 0.3) is 11.4 Å². The Morgan fingerprint density at radius 3 is 2.89 bits per heavy atom. The van der Waals surface area contributed by atoms with E-state index in [1.54, 1.807) is 4.90 Å². The van der Waals surface area contributed by atoms with Gasteiger partial charge < -0.3 is 18.9 Å². The van der Waals surface area contributed by atoms with Gasteiger partial charge in [0.05, 0.1) is 5.92 Å². The van der Waals surface area contributed by atoms with Gasteiger partial charge in [-0.2, -0.15) is 4.98 Å². The molecule has 1 fully saturated rings. The molecule has 2 aliphatic rings. The molecule has 3 heterocycles. The monoisotopic (exact) mass is 363 g/mol. The summed E-state index contributed by atoms with van der Waals surface area (Å²) in [4.78, 5) is 18.8. The zero-order valence-corrected chi connectivity index (χ0v) is 14.7. The fourth-order valence-corrected chi connectivity index (χ4v) is 3.47. The van der Waals surface area contributed by atoms with Crippen LogP contribution in [-0.4, -0.2) is 29.4 Å². The van der Waals surface area contributed by atoms with Crippen LogP contribution in [0.1, 0.15) is 23.8 Å². The number of aromatic nitrogens is 2. The number of ether oxygens (including phenoxy) is 2. The van der Waals surface area contributed by atoms with Gasteiger partial charge in [0.15, 0.2) is 11.5 Å². The van der Waals surface area contributed by atoms with Crippen LogP contribution in [-0.2, 0) is 4.79 Å². The molecule has 136 valence electrons. The highest BCUT2D eigenvalue weighted by molar-refractivity contribution is 5.96. The highest BCUT2D eigenvalue weighted by Crippen LogP contribution is 2.36. The molecule has 0 spiro atoms. The summed E-state index contributed by atoms with van der Waals surface area (Å²) >= 11 is 0. The van der Waals surface area contributed by atoms with E-state index in [9.17, 15) is 4.79 Å². The van der Waals surface area contributed by atoms with Crippen molar-refractivity contribution >= 4 is 11.6 Å². The lowest BCUT2D eigenvalue weighted by Gasteiger charge is -2.16. The predicted octanol–water partition coefficient (Wildman–Crippen LogP) is 3.29. The molecule has 2 aromatic carbocycles. The van der Waals surface area contributed by atoms with E-state index < -0.39 is 0 Å². The van der Waals surface area contributed by atoms with E-state index in [-0.39, 0.29) is 18.6 Å². The molecule has 7 nitrogen and oxygen atoms in total. The Labute approximate surface area is 155 Å². The smallest absolute Gasteiger partial charge is 0.232 e. The fraction of sp³-hybridized carbons (Fsp3) is 0.250. The van der Waals surface area contributed by atoms with Crippen molar-refractivity contribution in [2.24, 2.45) is 0 Å². The summed E-state index contributed by atoms with van der Waals surface area (Å²) in [5.41, 5.74) is 2.80. The van der Waals surface area contributed by atoms with Crippen molar-refractivity contribution in [1.82, 2.24) is 10.1 Å². The first-order chi connectivity index (χ1) is 13.2. The lowest BCUT2D eigenvalue weighted by Crippen LogP contribution is -2.24. The molecule has 1 amide bonds. The van der Waals surface area contributed by atoms with Crippen LogP contribution < -0.4 is 14.4 Å². The summed E-state index contributed by atoms with van der Waals surface area (Å²) in [6, 6.07) is 13.4. The number of carbonyl (C=O) groups excluding carboxylic acids is 1. The van der Waals surface area contributed by atoms with Gasteiger partial charge in [0.1, 0.15) is 0 Å². The molecule has 5 rings (SSSR count). The van der Waals surface area contributed by atoms with Gasteiger partial charge >= 0.3 is 0 Å². The van der Waals surface area contributed by atoms with Crippen LogP contribution >= 0.6 is 0 Å². The van der Waals surface area contributed by atoms with Crippen molar-refractivity contribution in [2.45, 2.75) is 19.3 Å². The second-order valence-electron chi connectivity index (χ2n) is 6.77. The topological polar surface area (TPSA) is 77.7 Å². The quantitative estimate of drug-likeness (QED) is 0.711. The number of aryl methyl sites for hydroxylation is 1. The molecule has 0 bridgehead atoms. The predicted molar refractivity (Wildman–Crippen MR) is 96.7 cm³/mol. The number of carbonyl (C=O) groups is 1. The van der Waals surface area contributed by atoms with Crippen molar-refractivity contribution in [1.29, 1.82) is 0 Å². The minimum atomic E-state index is -0.117. The van der Waals surface area contributed by atoms with E-state index in [0.717, 1.165) is 16.8 Å². The van der Waals surface area contributed by atoms with Gasteiger partial charge in [-0.15, -0.1) is 0 Å². The molecule has 0 saturated carbocycles. The molecule has 1 atom stereocenters. The Balaban J connectivity index is 1.38. The molecule has 0 aliphatic carbocycles. The van der Waals surface area contributed by atoms with E-state index in [4.69, 9.17) is 14.0 Å². The molecule has 2 aliphatic heterocycles. The first-order valence-electron chi connectivity index (χ1n) is 8.78. The molecule has 0 radical (unpaired) electrons. The highest BCUT2D eigenvalue weighted by Gasteiger charge is 2.35. The van der Waals surface area contributed by atoms with E-state index in [2.05, 4.69) is 10.1 Å². The first kappa shape index (κ1) is 15.9. The van der Waals surface area contributed by atoms with Crippen LogP contribution in [0.5, 0.6) is 11.5 Å². The second kappa shape index (κ2) is 6.12. The molecule has 27 heavy (non-hydrogen) atoms. The Kier molecular flexibility index (Phi) is 3.60. The Bertz CT molecular complexity index is 1030. The van der Waals surface area contributed by atoms with Crippen molar-refractivity contribution in [3.63, 3.8) is 0 Å². The molecule has 1 saturated heterocycles. The molecule has 7 heteroatoms. The van der Waals surface area contributed by atoms with Crippen LogP contribution in [0.2, 0.25) is 0 Å². The SMILES string of the molecule is Cc1cccc(N2CC(c3nc(-c4ccc5c(c4)OCO5)no3)CC2=O)c1. The highest BCUT2D eigenvalue weighted by atomic mass is 16.7. The molecular formula is C20H17N3O4. The zero-order valence-electron chi connectivity index (χ0n) is 14.7. The van der Waals surface area contributed by atoms with E-state index in [0.29, 0.717) is 36.2 Å². The maximum Gasteiger partial charge on any atom is 0.232 e. The molecule has 1 unspecified atom stereocenters. The third-order valence-corrected chi connectivity index (χ3v) is 4.86. The number of benzene rings is 2. The van der Waals surface area contributed by atoms with Gasteiger partial charge in [-0.05, 0) is 42.8 Å². The van der Waals surface area contributed by atoms with Crippen molar-refractivity contribution < 1.29 is 18.8 Å². The minimum absolute atomic E-state index is 0.0634. The number of anilines is 1. The fourth-order valence-electron chi connectivity index (χ4n) is 3.47. The maximum absolute atomic E-state index is 12.5. The molecule has 1 aromatic heterocycles. The number of hydrogen-bond acceptors (Lipinski definition) is 6. The van der Waals surface area contributed by atoms with Crippen LogP contribution in [0.4, 0.5) is 5.69 Å². The van der Waals surface area contributed by atoms with Gasteiger partial charge in [0, 0.05) is 24.2 Å². The van der Waals surface area contributed by atoms with Gasteiger partial charge in [0.2, 0.25) is 24.4 Å². The standard InChI is InChI=1S/C20H17N3O4/c1-12-3-2-4-15(7-12)23-10-14(9-18(23)24)20-21-19(22-27-20)13-5-6-16-17(8-13)26-11-25-16/h2-8,14H,9-11H2,1H3. The zero-order chi connectivity index (χ0) is 18.4. The number of rotatable bonds is 3. The second-order valence-corrected chi connectivity index (χ2v) is 6.77. The summed E-state index contributed by atoms with van der Waals surface area (Å²) in [5.74, 6) is 2.27.